The molecule has 0 N–H and O–H groups in total. The second-order valence-corrected chi connectivity index (χ2v) is 7.05. The molecule has 0 radical (unpaired) electrons. The highest BCUT2D eigenvalue weighted by atomic mass is 14.2. The predicted molar refractivity (Wildman–Crippen MR) is 89.6 cm³/mol. The summed E-state index contributed by atoms with van der Waals surface area (Å²) in [5.74, 6) is 2.83. The van der Waals surface area contributed by atoms with Gasteiger partial charge in [-0.1, -0.05) is 105 Å². The zero-order valence-electron chi connectivity index (χ0n) is 14.5. The molecule has 116 valence electrons. The number of rotatable bonds is 13. The molecule has 0 bridgehead atoms. The van der Waals surface area contributed by atoms with Gasteiger partial charge >= 0.3 is 0 Å². The summed E-state index contributed by atoms with van der Waals surface area (Å²) in [6, 6.07) is 0. The van der Waals surface area contributed by atoms with Crippen molar-refractivity contribution in [2.75, 3.05) is 0 Å². The van der Waals surface area contributed by atoms with Gasteiger partial charge in [-0.2, -0.15) is 0 Å². The lowest BCUT2D eigenvalue weighted by atomic mass is 9.82. The molecule has 0 aliphatic rings. The van der Waals surface area contributed by atoms with Crippen molar-refractivity contribution in [3.05, 3.63) is 0 Å². The van der Waals surface area contributed by atoms with Gasteiger partial charge in [0.15, 0.2) is 0 Å². The lowest BCUT2D eigenvalue weighted by Crippen LogP contribution is -2.12. The largest absolute Gasteiger partial charge is 0.0654 e. The Bertz CT molecular complexity index is 171. The number of hydrogen-bond acceptors (Lipinski definition) is 0. The van der Waals surface area contributed by atoms with Gasteiger partial charge in [-0.3, -0.25) is 0 Å². The van der Waals surface area contributed by atoms with Gasteiger partial charge in [0.05, 0.1) is 0 Å². The van der Waals surface area contributed by atoms with E-state index in [-0.39, 0.29) is 0 Å². The van der Waals surface area contributed by atoms with Crippen LogP contribution in [-0.2, 0) is 0 Å². The van der Waals surface area contributed by atoms with Crippen LogP contribution in [0.15, 0.2) is 0 Å². The van der Waals surface area contributed by atoms with E-state index in [1.807, 2.05) is 0 Å². The Hall–Kier alpha value is 0. The Morgan fingerprint density at radius 2 is 1.26 bits per heavy atom. The predicted octanol–water partition coefficient (Wildman–Crippen LogP) is 7.23. The van der Waals surface area contributed by atoms with Crippen LogP contribution in [-0.4, -0.2) is 0 Å². The molecule has 0 heterocycles. The van der Waals surface area contributed by atoms with Gasteiger partial charge in [-0.05, 0) is 17.8 Å². The first-order valence-electron chi connectivity index (χ1n) is 9.11. The summed E-state index contributed by atoms with van der Waals surface area (Å²) in [4.78, 5) is 0. The summed E-state index contributed by atoms with van der Waals surface area (Å²) in [5.41, 5.74) is 0. The van der Waals surface area contributed by atoms with Gasteiger partial charge in [0.2, 0.25) is 0 Å². The molecule has 0 saturated heterocycles. The van der Waals surface area contributed by atoms with E-state index >= 15 is 0 Å². The van der Waals surface area contributed by atoms with Gasteiger partial charge < -0.3 is 0 Å². The quantitative estimate of drug-likeness (QED) is 0.309. The zero-order chi connectivity index (χ0) is 14.5. The van der Waals surface area contributed by atoms with Crippen LogP contribution in [0.1, 0.15) is 105 Å². The van der Waals surface area contributed by atoms with E-state index in [9.17, 15) is 0 Å². The van der Waals surface area contributed by atoms with E-state index in [1.165, 1.54) is 70.6 Å². The minimum atomic E-state index is 0.881. The fourth-order valence-corrected chi connectivity index (χ4v) is 3.18. The third kappa shape index (κ3) is 11.5. The fraction of sp³-hybridized carbons (Fsp3) is 1.00. The van der Waals surface area contributed by atoms with E-state index < -0.39 is 0 Å². The van der Waals surface area contributed by atoms with Crippen molar-refractivity contribution in [3.63, 3.8) is 0 Å². The Balaban J connectivity index is 3.79. The first kappa shape index (κ1) is 19.0. The van der Waals surface area contributed by atoms with Crippen LogP contribution >= 0.6 is 0 Å². The van der Waals surface area contributed by atoms with Crippen molar-refractivity contribution in [1.82, 2.24) is 0 Å². The lowest BCUT2D eigenvalue weighted by Gasteiger charge is -2.24. The summed E-state index contributed by atoms with van der Waals surface area (Å²) in [5, 5.41) is 0. The third-order valence-electron chi connectivity index (χ3n) is 4.58. The molecule has 0 fully saturated rings. The molecule has 0 amide bonds. The smallest absolute Gasteiger partial charge is 0.0389 e. The average Bonchev–Trinajstić information content (AvgIpc) is 2.37. The van der Waals surface area contributed by atoms with Crippen LogP contribution in [0.5, 0.6) is 0 Å². The average molecular weight is 269 g/mol. The fourth-order valence-electron chi connectivity index (χ4n) is 3.18. The van der Waals surface area contributed by atoms with Crippen molar-refractivity contribution in [2.24, 2.45) is 17.8 Å². The second-order valence-electron chi connectivity index (χ2n) is 7.05. The SMILES string of the molecule is CCCCCCCC(C)C(CCC)CCCC(C)C. The van der Waals surface area contributed by atoms with Crippen molar-refractivity contribution >= 4 is 0 Å². The second kappa shape index (κ2) is 13.0. The van der Waals surface area contributed by atoms with Crippen molar-refractivity contribution in [3.8, 4) is 0 Å². The molecule has 0 aliphatic heterocycles. The summed E-state index contributed by atoms with van der Waals surface area (Å²) in [6.45, 7) is 11.9. The summed E-state index contributed by atoms with van der Waals surface area (Å²) in [7, 11) is 0. The molecule has 0 spiro atoms. The molecule has 0 aromatic heterocycles. The zero-order valence-corrected chi connectivity index (χ0v) is 14.5. The molecule has 0 aliphatic carbocycles. The van der Waals surface area contributed by atoms with E-state index in [0.29, 0.717) is 0 Å². The maximum absolute atomic E-state index is 2.51. The Kier molecular flexibility index (Phi) is 13.0. The molecule has 0 aromatic carbocycles. The molecular formula is C19H40. The van der Waals surface area contributed by atoms with Crippen LogP contribution in [0.2, 0.25) is 0 Å². The van der Waals surface area contributed by atoms with Gasteiger partial charge in [0.25, 0.3) is 0 Å². The van der Waals surface area contributed by atoms with E-state index in [4.69, 9.17) is 0 Å². The lowest BCUT2D eigenvalue weighted by molar-refractivity contribution is 0.277. The molecule has 19 heavy (non-hydrogen) atoms. The van der Waals surface area contributed by atoms with Crippen LogP contribution in [0, 0.1) is 17.8 Å². The normalized spacial score (nSPS) is 14.8. The Morgan fingerprint density at radius 1 is 0.579 bits per heavy atom. The summed E-state index contributed by atoms with van der Waals surface area (Å²) >= 11 is 0. The first-order valence-corrected chi connectivity index (χ1v) is 9.11. The van der Waals surface area contributed by atoms with Crippen LogP contribution < -0.4 is 0 Å². The van der Waals surface area contributed by atoms with Gasteiger partial charge in [0, 0.05) is 0 Å². The van der Waals surface area contributed by atoms with E-state index in [2.05, 4.69) is 34.6 Å². The van der Waals surface area contributed by atoms with Crippen molar-refractivity contribution in [2.45, 2.75) is 105 Å². The highest BCUT2D eigenvalue weighted by molar-refractivity contribution is 4.67. The van der Waals surface area contributed by atoms with Crippen LogP contribution in [0.4, 0.5) is 0 Å². The first-order chi connectivity index (χ1) is 9.11. The number of unbranched alkanes of at least 4 members (excludes halogenated alkanes) is 4. The summed E-state index contributed by atoms with van der Waals surface area (Å²) in [6.07, 6.45) is 15.8. The molecular weight excluding hydrogens is 228 g/mol. The van der Waals surface area contributed by atoms with Crippen LogP contribution in [0.25, 0.3) is 0 Å². The van der Waals surface area contributed by atoms with Gasteiger partial charge in [-0.15, -0.1) is 0 Å². The third-order valence-corrected chi connectivity index (χ3v) is 4.58. The highest BCUT2D eigenvalue weighted by Crippen LogP contribution is 2.28. The number of hydrogen-bond donors (Lipinski definition) is 0. The van der Waals surface area contributed by atoms with Gasteiger partial charge in [-0.25, -0.2) is 0 Å². The minimum Gasteiger partial charge on any atom is -0.0654 e. The Labute approximate surface area is 123 Å². The molecule has 0 rings (SSSR count). The minimum absolute atomic E-state index is 0.881. The molecule has 2 unspecified atom stereocenters. The van der Waals surface area contributed by atoms with Crippen molar-refractivity contribution < 1.29 is 0 Å². The molecule has 0 saturated carbocycles. The summed E-state index contributed by atoms with van der Waals surface area (Å²) < 4.78 is 0. The topological polar surface area (TPSA) is 0 Å². The van der Waals surface area contributed by atoms with Gasteiger partial charge in [0.1, 0.15) is 0 Å². The maximum atomic E-state index is 2.51. The van der Waals surface area contributed by atoms with E-state index in [0.717, 1.165) is 17.8 Å². The highest BCUT2D eigenvalue weighted by Gasteiger charge is 2.16. The maximum Gasteiger partial charge on any atom is -0.0389 e. The molecule has 0 heteroatoms. The van der Waals surface area contributed by atoms with Crippen molar-refractivity contribution in [1.29, 1.82) is 0 Å². The molecule has 2 atom stereocenters. The molecule has 0 nitrogen and oxygen atoms in total. The monoisotopic (exact) mass is 268 g/mol. The van der Waals surface area contributed by atoms with E-state index in [1.54, 1.807) is 0 Å². The Morgan fingerprint density at radius 3 is 1.84 bits per heavy atom. The molecule has 0 aromatic rings. The standard InChI is InChI=1S/C19H40/c1-6-8-9-10-11-15-18(5)19(13-7-2)16-12-14-17(3)4/h17-19H,6-16H2,1-5H3. The van der Waals surface area contributed by atoms with Crippen LogP contribution in [0.3, 0.4) is 0 Å².